The average Bonchev–Trinajstić information content (AvgIpc) is 3.23. The van der Waals surface area contributed by atoms with E-state index < -0.39 is 30.3 Å². The van der Waals surface area contributed by atoms with E-state index in [1.807, 2.05) is 6.08 Å². The van der Waals surface area contributed by atoms with E-state index in [1.165, 1.54) is 21.4 Å². The summed E-state index contributed by atoms with van der Waals surface area (Å²) in [6, 6.07) is 14.0. The van der Waals surface area contributed by atoms with E-state index in [4.69, 9.17) is 10.5 Å². The summed E-state index contributed by atoms with van der Waals surface area (Å²) >= 11 is 0. The van der Waals surface area contributed by atoms with Crippen LogP contribution < -0.4 is 26.7 Å². The van der Waals surface area contributed by atoms with Gasteiger partial charge in [-0.15, -0.1) is 5.10 Å². The summed E-state index contributed by atoms with van der Waals surface area (Å²) in [6.45, 7) is 0.658. The van der Waals surface area contributed by atoms with E-state index >= 15 is 0 Å². The van der Waals surface area contributed by atoms with E-state index in [1.54, 1.807) is 55.6 Å². The molecule has 4 aromatic rings. The quantitative estimate of drug-likeness (QED) is 0.350. The van der Waals surface area contributed by atoms with Crippen molar-refractivity contribution in [1.29, 1.82) is 0 Å². The molecule has 196 valence electrons. The Morgan fingerprint density at radius 1 is 1.21 bits per heavy atom. The molecular formula is C26H23F3N6O3. The second kappa shape index (κ2) is 9.61. The highest BCUT2D eigenvalue weighted by Crippen LogP contribution is 2.30. The first-order valence-corrected chi connectivity index (χ1v) is 11.7. The first-order valence-electron chi connectivity index (χ1n) is 11.7. The topological polar surface area (TPSA) is 116 Å². The van der Waals surface area contributed by atoms with Crippen molar-refractivity contribution >= 4 is 34.5 Å². The number of hydrogen-bond donors (Lipinski definition) is 3. The number of pyridine rings is 1. The van der Waals surface area contributed by atoms with Gasteiger partial charge in [0.2, 0.25) is 0 Å². The maximum Gasteiger partial charge on any atom is 0.422 e. The minimum Gasteiger partial charge on any atom is -0.483 e. The van der Waals surface area contributed by atoms with Gasteiger partial charge in [-0.05, 0) is 42.7 Å². The monoisotopic (exact) mass is 524 g/mol. The van der Waals surface area contributed by atoms with Gasteiger partial charge in [-0.1, -0.05) is 30.3 Å². The van der Waals surface area contributed by atoms with Gasteiger partial charge in [0.25, 0.3) is 11.5 Å². The number of amides is 1. The number of nitrogens with zero attached hydrogens (tertiary/aromatic N) is 3. The number of carbonyl (C=O) groups is 1. The minimum atomic E-state index is -4.57. The maximum atomic E-state index is 13.8. The number of para-hydroxylation sites is 1. The summed E-state index contributed by atoms with van der Waals surface area (Å²) in [5.41, 5.74) is 6.47. The number of benzene rings is 2. The number of rotatable bonds is 6. The van der Waals surface area contributed by atoms with Crippen LogP contribution in [0.25, 0.3) is 22.7 Å². The standard InChI is InChI=1S/C26H23F3N6O3/c1-15(32-24(36)21-22(30)33-34-12-6-11-31-23(21)34)18-13-16-7-5-10-19(38-14-26(27,28)29)20(16)25(37)35(18)17-8-3-2-4-9-17/h2-10,12-13,15,31H,11,14H2,1H3,(H2,30,33)(H,32,36)/t15-/m0/s1. The molecule has 0 saturated heterocycles. The van der Waals surface area contributed by atoms with Crippen LogP contribution in [0.5, 0.6) is 5.75 Å². The minimum absolute atomic E-state index is 0.00573. The number of carbonyl (C=O) groups excluding carboxylic acids is 1. The SMILES string of the molecule is C[C@H](NC(=O)c1c(N)nn2c1NCC=C2)c1cc2cccc(OCC(F)(F)F)c2c(=O)n1-c1ccccc1. The molecule has 0 unspecified atom stereocenters. The Labute approximate surface area is 214 Å². The van der Waals surface area contributed by atoms with Crippen molar-refractivity contribution in [3.8, 4) is 11.4 Å². The third-order valence-corrected chi connectivity index (χ3v) is 6.03. The number of alkyl halides is 3. The smallest absolute Gasteiger partial charge is 0.422 e. The van der Waals surface area contributed by atoms with Crippen LogP contribution >= 0.6 is 0 Å². The second-order valence-corrected chi connectivity index (χ2v) is 8.68. The van der Waals surface area contributed by atoms with Gasteiger partial charge in [0.1, 0.15) is 17.1 Å². The van der Waals surface area contributed by atoms with Gasteiger partial charge < -0.3 is 21.1 Å². The molecule has 0 radical (unpaired) electrons. The molecule has 0 spiro atoms. The molecule has 1 aliphatic rings. The predicted octanol–water partition coefficient (Wildman–Crippen LogP) is 4.10. The fourth-order valence-corrected chi connectivity index (χ4v) is 4.40. The molecule has 2 aromatic carbocycles. The third-order valence-electron chi connectivity index (χ3n) is 6.03. The van der Waals surface area contributed by atoms with Crippen molar-refractivity contribution in [1.82, 2.24) is 19.7 Å². The highest BCUT2D eigenvalue weighted by atomic mass is 19.4. The largest absolute Gasteiger partial charge is 0.483 e. The van der Waals surface area contributed by atoms with Crippen LogP contribution in [-0.2, 0) is 0 Å². The number of nitrogen functional groups attached to an aromatic ring is 1. The third kappa shape index (κ3) is 4.67. The first kappa shape index (κ1) is 24.9. The van der Waals surface area contributed by atoms with Gasteiger partial charge in [0.05, 0.1) is 11.4 Å². The lowest BCUT2D eigenvalue weighted by Crippen LogP contribution is -2.33. The van der Waals surface area contributed by atoms with Crippen LogP contribution in [0, 0.1) is 0 Å². The molecule has 0 fully saturated rings. The number of nitrogens with one attached hydrogen (secondary N) is 2. The predicted molar refractivity (Wildman–Crippen MR) is 137 cm³/mol. The molecule has 1 amide bonds. The lowest BCUT2D eigenvalue weighted by Gasteiger charge is -2.22. The van der Waals surface area contributed by atoms with E-state index in [9.17, 15) is 22.8 Å². The van der Waals surface area contributed by atoms with Gasteiger partial charge in [0.15, 0.2) is 12.4 Å². The summed E-state index contributed by atoms with van der Waals surface area (Å²) in [5, 5.41) is 10.5. The van der Waals surface area contributed by atoms with E-state index in [0.717, 1.165) is 0 Å². The van der Waals surface area contributed by atoms with Crippen molar-refractivity contribution in [2.75, 3.05) is 24.2 Å². The van der Waals surface area contributed by atoms with Crippen molar-refractivity contribution in [2.45, 2.75) is 19.1 Å². The molecule has 2 aromatic heterocycles. The first-order chi connectivity index (χ1) is 18.1. The normalized spacial score (nSPS) is 13.6. The van der Waals surface area contributed by atoms with Crippen molar-refractivity contribution in [3.05, 3.63) is 82.3 Å². The lowest BCUT2D eigenvalue weighted by atomic mass is 10.1. The van der Waals surface area contributed by atoms with Crippen molar-refractivity contribution < 1.29 is 22.7 Å². The number of halogens is 3. The number of nitrogens with two attached hydrogens (primary N) is 1. The fourth-order valence-electron chi connectivity index (χ4n) is 4.40. The highest BCUT2D eigenvalue weighted by Gasteiger charge is 2.30. The molecular weight excluding hydrogens is 501 g/mol. The summed E-state index contributed by atoms with van der Waals surface area (Å²) in [4.78, 5) is 27.1. The van der Waals surface area contributed by atoms with Gasteiger partial charge >= 0.3 is 6.18 Å². The second-order valence-electron chi connectivity index (χ2n) is 8.68. The number of hydrogen-bond acceptors (Lipinski definition) is 6. The maximum absolute atomic E-state index is 13.8. The van der Waals surface area contributed by atoms with Gasteiger partial charge in [-0.2, -0.15) is 13.2 Å². The summed E-state index contributed by atoms with van der Waals surface area (Å²) < 4.78 is 46.4. The molecule has 0 bridgehead atoms. The zero-order chi connectivity index (χ0) is 27.0. The Bertz CT molecular complexity index is 1610. The molecule has 0 saturated carbocycles. The molecule has 9 nitrogen and oxygen atoms in total. The van der Waals surface area contributed by atoms with Crippen LogP contribution in [0.3, 0.4) is 0 Å². The van der Waals surface area contributed by atoms with Gasteiger partial charge in [-0.25, -0.2) is 4.68 Å². The van der Waals surface area contributed by atoms with Crippen LogP contribution in [0.2, 0.25) is 0 Å². The summed E-state index contributed by atoms with van der Waals surface area (Å²) in [5.74, 6) is -0.209. The van der Waals surface area contributed by atoms with Crippen LogP contribution in [0.4, 0.5) is 24.8 Å². The number of ether oxygens (including phenoxy) is 1. The molecule has 5 rings (SSSR count). The van der Waals surface area contributed by atoms with E-state index in [0.29, 0.717) is 29.1 Å². The molecule has 12 heteroatoms. The van der Waals surface area contributed by atoms with E-state index in [2.05, 4.69) is 15.7 Å². The molecule has 38 heavy (non-hydrogen) atoms. The zero-order valence-electron chi connectivity index (χ0n) is 20.1. The van der Waals surface area contributed by atoms with Crippen LogP contribution in [-0.4, -0.2) is 39.6 Å². The Hall–Kier alpha value is -4.74. The number of aromatic nitrogens is 3. The van der Waals surface area contributed by atoms with Crippen molar-refractivity contribution in [3.63, 3.8) is 0 Å². The molecule has 0 aliphatic carbocycles. The zero-order valence-corrected chi connectivity index (χ0v) is 20.1. The molecule has 3 heterocycles. The Kier molecular flexibility index (Phi) is 6.31. The Balaban J connectivity index is 1.60. The van der Waals surface area contributed by atoms with Crippen LogP contribution in [0.15, 0.2) is 65.5 Å². The average molecular weight is 525 g/mol. The summed E-state index contributed by atoms with van der Waals surface area (Å²) in [7, 11) is 0. The molecule has 4 N–H and O–H groups in total. The number of anilines is 2. The van der Waals surface area contributed by atoms with Gasteiger partial charge in [-0.3, -0.25) is 14.2 Å². The lowest BCUT2D eigenvalue weighted by molar-refractivity contribution is -0.153. The fraction of sp³-hybridized carbons (Fsp3) is 0.192. The van der Waals surface area contributed by atoms with E-state index in [-0.39, 0.29) is 22.5 Å². The molecule has 1 atom stereocenters. The Morgan fingerprint density at radius 3 is 2.71 bits per heavy atom. The highest BCUT2D eigenvalue weighted by molar-refractivity contribution is 6.04. The molecule has 1 aliphatic heterocycles. The number of fused-ring (bicyclic) bond motifs is 2. The summed E-state index contributed by atoms with van der Waals surface area (Å²) in [6.07, 6.45) is -1.06. The van der Waals surface area contributed by atoms with Crippen molar-refractivity contribution in [2.24, 2.45) is 0 Å². The van der Waals surface area contributed by atoms with Gasteiger partial charge in [0, 0.05) is 24.1 Å². The Morgan fingerprint density at radius 2 is 1.97 bits per heavy atom. The van der Waals surface area contributed by atoms with Crippen LogP contribution in [0.1, 0.15) is 29.0 Å².